The van der Waals surface area contributed by atoms with Crippen molar-refractivity contribution in [1.82, 2.24) is 0 Å². The van der Waals surface area contributed by atoms with Crippen molar-refractivity contribution in [2.75, 3.05) is 13.2 Å². The average Bonchev–Trinajstić information content (AvgIpc) is 2.37. The predicted molar refractivity (Wildman–Crippen MR) is 70.7 cm³/mol. The first-order valence-corrected chi connectivity index (χ1v) is 7.11. The molecule has 0 radical (unpaired) electrons. The highest BCUT2D eigenvalue weighted by atomic mass is 32.3. The monoisotopic (exact) mass is 342 g/mol. The summed E-state index contributed by atoms with van der Waals surface area (Å²) in [5, 5.41) is 0. The van der Waals surface area contributed by atoms with E-state index in [0.29, 0.717) is 0 Å². The minimum Gasteiger partial charge on any atom is -0.385 e. The zero-order chi connectivity index (χ0) is 17.0. The molecule has 1 aromatic carbocycles. The first-order chi connectivity index (χ1) is 10.1. The maximum atomic E-state index is 13.6. The number of alkyl halides is 2. The summed E-state index contributed by atoms with van der Waals surface area (Å²) in [6.45, 7) is -0.394. The molecule has 2 rings (SSSR count). The highest BCUT2D eigenvalue weighted by Gasteiger charge is 2.46. The number of aliphatic imine (C=N–C) groups is 1. The number of amidine groups is 1. The van der Waals surface area contributed by atoms with Gasteiger partial charge in [0.1, 0.15) is 18.3 Å². The Hall–Kier alpha value is -1.69. The predicted octanol–water partition coefficient (Wildman–Crippen LogP) is 1.02. The van der Waals surface area contributed by atoms with E-state index in [-0.39, 0.29) is 24.6 Å². The van der Waals surface area contributed by atoms with Gasteiger partial charge in [-0.3, -0.25) is 14.1 Å². The van der Waals surface area contributed by atoms with Crippen molar-refractivity contribution in [3.63, 3.8) is 0 Å². The summed E-state index contributed by atoms with van der Waals surface area (Å²) in [5.74, 6) is -0.797. The number of rotatable bonds is 2. The molecule has 0 saturated heterocycles. The van der Waals surface area contributed by atoms with Gasteiger partial charge in [-0.1, -0.05) is 18.2 Å². The first-order valence-electron chi connectivity index (χ1n) is 5.71. The lowest BCUT2D eigenvalue weighted by molar-refractivity contribution is -0.0146. The summed E-state index contributed by atoms with van der Waals surface area (Å²) < 4.78 is 76.6. The number of halogens is 3. The van der Waals surface area contributed by atoms with Gasteiger partial charge in [0.25, 0.3) is 6.43 Å². The molecule has 22 heavy (non-hydrogen) atoms. The summed E-state index contributed by atoms with van der Waals surface area (Å²) >= 11 is 0. The van der Waals surface area contributed by atoms with Gasteiger partial charge in [0, 0.05) is 5.56 Å². The summed E-state index contributed by atoms with van der Waals surface area (Å²) in [5.41, 5.74) is 3.17. The molecule has 1 atom stereocenters. The summed E-state index contributed by atoms with van der Waals surface area (Å²) in [6, 6.07) is 5.28. The fourth-order valence-electron chi connectivity index (χ4n) is 1.81. The molecule has 1 aliphatic rings. The van der Waals surface area contributed by atoms with Gasteiger partial charge in [0.05, 0.1) is 6.61 Å². The van der Waals surface area contributed by atoms with E-state index in [1.807, 2.05) is 0 Å². The highest BCUT2D eigenvalue weighted by molar-refractivity contribution is 7.79. The van der Waals surface area contributed by atoms with Crippen LogP contribution in [0, 0.1) is 5.82 Å². The molecular weight excluding hydrogens is 329 g/mol. The quantitative estimate of drug-likeness (QED) is 0.690. The summed E-state index contributed by atoms with van der Waals surface area (Å²) in [7, 11) is -4.67. The molecule has 1 unspecified atom stereocenters. The van der Waals surface area contributed by atoms with Crippen LogP contribution in [0.4, 0.5) is 13.2 Å². The molecule has 0 saturated carbocycles. The fraction of sp³-hybridized carbons (Fsp3) is 0.364. The van der Waals surface area contributed by atoms with Crippen LogP contribution in [0.15, 0.2) is 29.3 Å². The first kappa shape index (κ1) is 18.4. The van der Waals surface area contributed by atoms with E-state index in [4.69, 9.17) is 28.0 Å². The van der Waals surface area contributed by atoms with Crippen molar-refractivity contribution in [3.05, 3.63) is 35.6 Å². The van der Waals surface area contributed by atoms with Gasteiger partial charge in [0.15, 0.2) is 5.54 Å². The Labute approximate surface area is 124 Å². The van der Waals surface area contributed by atoms with Crippen LogP contribution < -0.4 is 5.73 Å². The number of hydrogen-bond acceptors (Lipinski definition) is 5. The third-order valence-corrected chi connectivity index (χ3v) is 2.62. The minimum absolute atomic E-state index is 0.0110. The molecule has 0 aliphatic carbocycles. The molecule has 0 fully saturated rings. The second kappa shape index (κ2) is 7.05. The lowest BCUT2D eigenvalue weighted by Crippen LogP contribution is -2.45. The van der Waals surface area contributed by atoms with Gasteiger partial charge in [-0.2, -0.15) is 8.42 Å². The van der Waals surface area contributed by atoms with Crippen LogP contribution in [-0.4, -0.2) is 43.0 Å². The number of ether oxygens (including phenoxy) is 1. The van der Waals surface area contributed by atoms with Gasteiger partial charge in [-0.15, -0.1) is 0 Å². The van der Waals surface area contributed by atoms with E-state index < -0.39 is 28.2 Å². The van der Waals surface area contributed by atoms with Crippen LogP contribution in [0.3, 0.4) is 0 Å². The Bertz CT molecular complexity index is 645. The van der Waals surface area contributed by atoms with Crippen LogP contribution >= 0.6 is 0 Å². The molecule has 1 heterocycles. The van der Waals surface area contributed by atoms with Crippen LogP contribution in [0.2, 0.25) is 0 Å². The van der Waals surface area contributed by atoms with Crippen molar-refractivity contribution in [2.45, 2.75) is 12.0 Å². The van der Waals surface area contributed by atoms with Gasteiger partial charge in [-0.05, 0) is 6.07 Å². The van der Waals surface area contributed by atoms with Crippen LogP contribution in [0.25, 0.3) is 0 Å². The molecule has 0 bridgehead atoms. The molecule has 124 valence electrons. The minimum atomic E-state index is -4.67. The van der Waals surface area contributed by atoms with Gasteiger partial charge in [0.2, 0.25) is 0 Å². The van der Waals surface area contributed by atoms with Crippen molar-refractivity contribution in [3.8, 4) is 0 Å². The van der Waals surface area contributed by atoms with Crippen molar-refractivity contribution in [1.29, 1.82) is 0 Å². The third kappa shape index (κ3) is 4.94. The van der Waals surface area contributed by atoms with E-state index in [9.17, 15) is 13.2 Å². The van der Waals surface area contributed by atoms with Crippen molar-refractivity contribution in [2.24, 2.45) is 10.7 Å². The Morgan fingerprint density at radius 1 is 1.32 bits per heavy atom. The SMILES string of the molecule is NC1=NC(c2ccccc2F)(C(F)F)COC1.O=S(=O)(O)O. The smallest absolute Gasteiger partial charge is 0.385 e. The lowest BCUT2D eigenvalue weighted by atomic mass is 9.90. The number of benzene rings is 1. The molecule has 1 aromatic rings. The normalized spacial score (nSPS) is 21.8. The highest BCUT2D eigenvalue weighted by Crippen LogP contribution is 2.36. The van der Waals surface area contributed by atoms with E-state index >= 15 is 0 Å². The Kier molecular flexibility index (Phi) is 5.88. The largest absolute Gasteiger partial charge is 0.394 e. The van der Waals surface area contributed by atoms with Gasteiger partial charge >= 0.3 is 10.4 Å². The summed E-state index contributed by atoms with van der Waals surface area (Å²) in [6.07, 6.45) is -2.89. The Morgan fingerprint density at radius 3 is 2.32 bits per heavy atom. The molecule has 11 heteroatoms. The van der Waals surface area contributed by atoms with E-state index in [2.05, 4.69) is 4.99 Å². The van der Waals surface area contributed by atoms with Crippen LogP contribution in [0.5, 0.6) is 0 Å². The maximum Gasteiger partial charge on any atom is 0.394 e. The standard InChI is InChI=1S/C11H11F3N2O.H2O4S/c12-8-4-2-1-3-7(8)11(10(13)14)6-17-5-9(15)16-11;1-5(2,3)4/h1-4,10H,5-6H2,(H2,15,16);(H2,1,2,3,4). The molecule has 0 amide bonds. The van der Waals surface area contributed by atoms with Crippen molar-refractivity contribution < 1.29 is 35.4 Å². The molecule has 0 spiro atoms. The number of hydrogen-bond donors (Lipinski definition) is 3. The van der Waals surface area contributed by atoms with E-state index in [1.165, 1.54) is 18.2 Å². The Morgan fingerprint density at radius 2 is 1.86 bits per heavy atom. The molecule has 1 aliphatic heterocycles. The molecule has 0 aromatic heterocycles. The zero-order valence-corrected chi connectivity index (χ0v) is 11.8. The van der Waals surface area contributed by atoms with Gasteiger partial charge in [-0.25, -0.2) is 13.2 Å². The van der Waals surface area contributed by atoms with E-state index in [0.717, 1.165) is 6.07 Å². The lowest BCUT2D eigenvalue weighted by Gasteiger charge is -2.33. The second-order valence-electron chi connectivity index (χ2n) is 4.25. The number of nitrogens with zero attached hydrogens (tertiary/aromatic N) is 1. The third-order valence-electron chi connectivity index (χ3n) is 2.62. The average molecular weight is 342 g/mol. The molecular formula is C11H13F3N2O5S. The topological polar surface area (TPSA) is 122 Å². The molecule has 4 N–H and O–H groups in total. The van der Waals surface area contributed by atoms with Gasteiger partial charge < -0.3 is 10.5 Å². The van der Waals surface area contributed by atoms with Crippen LogP contribution in [0.1, 0.15) is 5.56 Å². The fourth-order valence-corrected chi connectivity index (χ4v) is 1.81. The second-order valence-corrected chi connectivity index (χ2v) is 5.14. The Balaban J connectivity index is 0.000000422. The van der Waals surface area contributed by atoms with Crippen molar-refractivity contribution >= 4 is 16.2 Å². The maximum absolute atomic E-state index is 13.6. The zero-order valence-electron chi connectivity index (χ0n) is 11.0. The van der Waals surface area contributed by atoms with Crippen LogP contribution in [-0.2, 0) is 20.7 Å². The molecule has 7 nitrogen and oxygen atoms in total. The van der Waals surface area contributed by atoms with E-state index in [1.54, 1.807) is 0 Å². The number of nitrogens with two attached hydrogens (primary N) is 1. The summed E-state index contributed by atoms with van der Waals surface area (Å²) in [4.78, 5) is 3.72.